The highest BCUT2D eigenvalue weighted by atomic mass is 79.9. The second kappa shape index (κ2) is 7.46. The summed E-state index contributed by atoms with van der Waals surface area (Å²) in [6, 6.07) is 9.07. The number of para-hydroxylation sites is 1. The number of carbonyl (C=O) groups is 2. The summed E-state index contributed by atoms with van der Waals surface area (Å²) in [6.45, 7) is 5.96. The van der Waals surface area contributed by atoms with Gasteiger partial charge in [-0.2, -0.15) is 0 Å². The number of carbonyl (C=O) groups excluding carboxylic acids is 2. The van der Waals surface area contributed by atoms with Crippen LogP contribution in [0.5, 0.6) is 0 Å². The maximum Gasteiger partial charge on any atom is 0.287 e. The van der Waals surface area contributed by atoms with E-state index in [2.05, 4.69) is 40.4 Å². The maximum absolute atomic E-state index is 12.1. The lowest BCUT2D eigenvalue weighted by Gasteiger charge is -2.16. The molecule has 5 nitrogen and oxygen atoms in total. The summed E-state index contributed by atoms with van der Waals surface area (Å²) >= 11 is 3.13. The lowest BCUT2D eigenvalue weighted by molar-refractivity contribution is -0.115. The van der Waals surface area contributed by atoms with Gasteiger partial charge in [0.05, 0.1) is 6.54 Å². The molecule has 0 aliphatic carbocycles. The van der Waals surface area contributed by atoms with Crippen molar-refractivity contribution in [3.8, 4) is 0 Å². The molecule has 6 heteroatoms. The van der Waals surface area contributed by atoms with E-state index in [1.807, 2.05) is 25.1 Å². The van der Waals surface area contributed by atoms with Gasteiger partial charge in [0.25, 0.3) is 5.91 Å². The molecule has 2 amide bonds. The summed E-state index contributed by atoms with van der Waals surface area (Å²) in [7, 11) is 0. The minimum absolute atomic E-state index is 0.122. The number of aryl methyl sites for hydroxylation is 1. The number of rotatable bonds is 5. The van der Waals surface area contributed by atoms with Crippen LogP contribution in [0, 0.1) is 6.92 Å². The van der Waals surface area contributed by atoms with Gasteiger partial charge < -0.3 is 15.1 Å². The van der Waals surface area contributed by atoms with Gasteiger partial charge >= 0.3 is 0 Å². The Kier molecular flexibility index (Phi) is 5.60. The monoisotopic (exact) mass is 378 g/mol. The number of hydrogen-bond acceptors (Lipinski definition) is 3. The SMILES string of the molecule is Cc1cccc(C(C)C)c1NC(=O)CNC(=O)c1ccc(Br)o1. The zero-order valence-electron chi connectivity index (χ0n) is 13.3. The number of amides is 2. The Morgan fingerprint density at radius 2 is 1.96 bits per heavy atom. The van der Waals surface area contributed by atoms with Gasteiger partial charge in [0.2, 0.25) is 5.91 Å². The van der Waals surface area contributed by atoms with Crippen molar-refractivity contribution in [2.75, 3.05) is 11.9 Å². The second-order valence-corrected chi connectivity index (χ2v) is 6.31. The van der Waals surface area contributed by atoms with Crippen molar-refractivity contribution in [3.05, 3.63) is 51.9 Å². The minimum atomic E-state index is -0.431. The van der Waals surface area contributed by atoms with Crippen LogP contribution >= 0.6 is 15.9 Å². The Labute approximate surface area is 143 Å². The molecule has 0 saturated heterocycles. The smallest absolute Gasteiger partial charge is 0.287 e. The number of benzene rings is 1. The first-order chi connectivity index (χ1) is 10.9. The lowest BCUT2D eigenvalue weighted by Crippen LogP contribution is -2.33. The number of furan rings is 1. The Morgan fingerprint density at radius 3 is 2.57 bits per heavy atom. The zero-order valence-corrected chi connectivity index (χ0v) is 14.9. The Morgan fingerprint density at radius 1 is 1.22 bits per heavy atom. The number of hydrogen-bond donors (Lipinski definition) is 2. The zero-order chi connectivity index (χ0) is 17.0. The van der Waals surface area contributed by atoms with Crippen LogP contribution in [-0.4, -0.2) is 18.4 Å². The molecule has 0 radical (unpaired) electrons. The molecule has 1 aromatic carbocycles. The number of halogens is 1. The lowest BCUT2D eigenvalue weighted by atomic mass is 9.98. The summed E-state index contributed by atoms with van der Waals surface area (Å²) in [5.74, 6) is -0.261. The van der Waals surface area contributed by atoms with Crippen LogP contribution < -0.4 is 10.6 Å². The Hall–Kier alpha value is -2.08. The van der Waals surface area contributed by atoms with Gasteiger partial charge in [0, 0.05) is 5.69 Å². The van der Waals surface area contributed by atoms with Crippen molar-refractivity contribution in [2.45, 2.75) is 26.7 Å². The van der Waals surface area contributed by atoms with Gasteiger partial charge in [0.1, 0.15) is 0 Å². The van der Waals surface area contributed by atoms with Crippen LogP contribution in [0.25, 0.3) is 0 Å². The molecule has 0 atom stereocenters. The van der Waals surface area contributed by atoms with Crippen LogP contribution in [0.1, 0.15) is 41.4 Å². The van der Waals surface area contributed by atoms with Crippen LogP contribution in [0.3, 0.4) is 0 Å². The Balaban J connectivity index is 1.99. The molecule has 0 bridgehead atoms. The second-order valence-electron chi connectivity index (χ2n) is 5.53. The van der Waals surface area contributed by atoms with Crippen LogP contribution in [0.2, 0.25) is 0 Å². The molecule has 1 heterocycles. The van der Waals surface area contributed by atoms with Crippen molar-refractivity contribution in [1.29, 1.82) is 0 Å². The highest BCUT2D eigenvalue weighted by Gasteiger charge is 2.14. The van der Waals surface area contributed by atoms with Gasteiger partial charge in [-0.15, -0.1) is 0 Å². The molecule has 0 fully saturated rings. The summed E-state index contributed by atoms with van der Waals surface area (Å²) in [4.78, 5) is 24.0. The van der Waals surface area contributed by atoms with E-state index in [1.54, 1.807) is 6.07 Å². The van der Waals surface area contributed by atoms with E-state index in [0.717, 1.165) is 16.8 Å². The van der Waals surface area contributed by atoms with Gasteiger partial charge in [-0.3, -0.25) is 9.59 Å². The van der Waals surface area contributed by atoms with E-state index in [4.69, 9.17) is 4.42 Å². The fourth-order valence-electron chi connectivity index (χ4n) is 2.21. The third-order valence-corrected chi connectivity index (χ3v) is 3.82. The molecule has 0 aliphatic rings. The van der Waals surface area contributed by atoms with E-state index in [-0.39, 0.29) is 18.2 Å². The molecule has 0 unspecified atom stereocenters. The van der Waals surface area contributed by atoms with Gasteiger partial charge in [-0.05, 0) is 52.0 Å². The molecule has 0 aliphatic heterocycles. The molecule has 2 rings (SSSR count). The topological polar surface area (TPSA) is 71.3 Å². The molecular weight excluding hydrogens is 360 g/mol. The maximum atomic E-state index is 12.1. The number of anilines is 1. The Bertz CT molecular complexity index is 722. The van der Waals surface area contributed by atoms with Crippen molar-refractivity contribution in [1.82, 2.24) is 5.32 Å². The van der Waals surface area contributed by atoms with E-state index in [1.165, 1.54) is 6.07 Å². The minimum Gasteiger partial charge on any atom is -0.444 e. The summed E-state index contributed by atoms with van der Waals surface area (Å²) in [5, 5.41) is 5.41. The third-order valence-electron chi connectivity index (χ3n) is 3.40. The standard InChI is InChI=1S/C17H19BrN2O3/c1-10(2)12-6-4-5-11(3)16(12)20-15(21)9-19-17(22)13-7-8-14(18)23-13/h4-8,10H,9H2,1-3H3,(H,19,22)(H,20,21). The first kappa shape index (κ1) is 17.3. The molecule has 2 aromatic rings. The molecule has 1 aromatic heterocycles. The van der Waals surface area contributed by atoms with E-state index >= 15 is 0 Å². The highest BCUT2D eigenvalue weighted by Crippen LogP contribution is 2.27. The fourth-order valence-corrected chi connectivity index (χ4v) is 2.52. The predicted molar refractivity (Wildman–Crippen MR) is 92.6 cm³/mol. The molecule has 2 N–H and O–H groups in total. The first-order valence-corrected chi connectivity index (χ1v) is 8.10. The van der Waals surface area contributed by atoms with E-state index < -0.39 is 5.91 Å². The first-order valence-electron chi connectivity index (χ1n) is 7.31. The van der Waals surface area contributed by atoms with E-state index in [9.17, 15) is 9.59 Å². The van der Waals surface area contributed by atoms with Crippen molar-refractivity contribution >= 4 is 33.4 Å². The van der Waals surface area contributed by atoms with Crippen molar-refractivity contribution < 1.29 is 14.0 Å². The number of nitrogens with one attached hydrogen (secondary N) is 2. The van der Waals surface area contributed by atoms with Crippen LogP contribution in [0.15, 0.2) is 39.4 Å². The van der Waals surface area contributed by atoms with E-state index in [0.29, 0.717) is 10.6 Å². The summed E-state index contributed by atoms with van der Waals surface area (Å²) < 4.78 is 5.60. The molecule has 122 valence electrons. The molecule has 0 spiro atoms. The normalized spacial score (nSPS) is 10.7. The third kappa shape index (κ3) is 4.45. The molecule has 23 heavy (non-hydrogen) atoms. The van der Waals surface area contributed by atoms with Crippen LogP contribution in [-0.2, 0) is 4.79 Å². The highest BCUT2D eigenvalue weighted by molar-refractivity contribution is 9.10. The average Bonchev–Trinajstić information content (AvgIpc) is 2.93. The van der Waals surface area contributed by atoms with Gasteiger partial charge in [-0.25, -0.2) is 0 Å². The summed E-state index contributed by atoms with van der Waals surface area (Å²) in [5.41, 5.74) is 2.87. The average molecular weight is 379 g/mol. The molecular formula is C17H19BrN2O3. The molecule has 0 saturated carbocycles. The van der Waals surface area contributed by atoms with Gasteiger partial charge in [-0.1, -0.05) is 32.0 Å². The van der Waals surface area contributed by atoms with Crippen molar-refractivity contribution in [3.63, 3.8) is 0 Å². The van der Waals surface area contributed by atoms with Crippen LogP contribution in [0.4, 0.5) is 5.69 Å². The quantitative estimate of drug-likeness (QED) is 0.829. The van der Waals surface area contributed by atoms with Gasteiger partial charge in [0.15, 0.2) is 10.4 Å². The van der Waals surface area contributed by atoms with Crippen molar-refractivity contribution in [2.24, 2.45) is 0 Å². The summed E-state index contributed by atoms with van der Waals surface area (Å²) in [6.07, 6.45) is 0. The predicted octanol–water partition coefficient (Wildman–Crippen LogP) is 3.84. The largest absolute Gasteiger partial charge is 0.444 e. The fraction of sp³-hybridized carbons (Fsp3) is 0.294.